The SMILES string of the molecule is COc1ccc2oc(C(=O)O[C@H](C(=O)N(C)C)c3ccccc3)c(C)c2c1. The molecule has 6 nitrogen and oxygen atoms in total. The Morgan fingerprint density at radius 3 is 2.41 bits per heavy atom. The van der Waals surface area contributed by atoms with Crippen molar-refractivity contribution in [1.82, 2.24) is 4.90 Å². The smallest absolute Gasteiger partial charge is 0.375 e. The zero-order valence-corrected chi connectivity index (χ0v) is 15.7. The van der Waals surface area contributed by atoms with Crippen LogP contribution < -0.4 is 4.74 Å². The lowest BCUT2D eigenvalue weighted by Gasteiger charge is -2.20. The zero-order valence-electron chi connectivity index (χ0n) is 15.7. The van der Waals surface area contributed by atoms with E-state index in [1.54, 1.807) is 70.6 Å². The molecule has 0 bridgehead atoms. The summed E-state index contributed by atoms with van der Waals surface area (Å²) in [6.07, 6.45) is -1.05. The first-order chi connectivity index (χ1) is 12.9. The topological polar surface area (TPSA) is 69.0 Å². The maximum atomic E-state index is 12.8. The van der Waals surface area contributed by atoms with Crippen LogP contribution in [0.2, 0.25) is 0 Å². The van der Waals surface area contributed by atoms with Crippen molar-refractivity contribution in [3.8, 4) is 5.75 Å². The van der Waals surface area contributed by atoms with Gasteiger partial charge in [0.2, 0.25) is 11.9 Å². The van der Waals surface area contributed by atoms with Gasteiger partial charge < -0.3 is 18.8 Å². The van der Waals surface area contributed by atoms with E-state index in [-0.39, 0.29) is 11.7 Å². The minimum Gasteiger partial charge on any atom is -0.497 e. The number of rotatable bonds is 5. The predicted octanol–water partition coefficient (Wildman–Crippen LogP) is 3.74. The third-order valence-electron chi connectivity index (χ3n) is 4.32. The Labute approximate surface area is 157 Å². The number of amides is 1. The summed E-state index contributed by atoms with van der Waals surface area (Å²) in [5, 5.41) is 0.761. The standard InChI is InChI=1S/C21H21NO5/c1-13-16-12-15(25-4)10-11-17(16)26-18(13)21(24)27-19(20(23)22(2)3)14-8-6-5-7-9-14/h5-12,19H,1-4H3/t19-/m0/s1. The molecular formula is C21H21NO5. The van der Waals surface area contributed by atoms with Gasteiger partial charge in [0.15, 0.2) is 0 Å². The number of likely N-dealkylation sites (N-methyl/N-ethyl adjacent to an activating group) is 1. The second kappa shape index (κ2) is 7.53. The van der Waals surface area contributed by atoms with Gasteiger partial charge in [-0.05, 0) is 25.1 Å². The molecule has 0 aliphatic carbocycles. The van der Waals surface area contributed by atoms with Crippen molar-refractivity contribution < 1.29 is 23.5 Å². The molecule has 0 N–H and O–H groups in total. The minimum atomic E-state index is -1.05. The van der Waals surface area contributed by atoms with Crippen molar-refractivity contribution in [3.05, 3.63) is 65.4 Å². The number of nitrogens with zero attached hydrogens (tertiary/aromatic N) is 1. The fourth-order valence-electron chi connectivity index (χ4n) is 2.81. The van der Waals surface area contributed by atoms with E-state index >= 15 is 0 Å². The van der Waals surface area contributed by atoms with Crippen molar-refractivity contribution in [2.45, 2.75) is 13.0 Å². The summed E-state index contributed by atoms with van der Waals surface area (Å²) < 4.78 is 16.5. The number of ether oxygens (including phenoxy) is 2. The van der Waals surface area contributed by atoms with E-state index in [4.69, 9.17) is 13.9 Å². The van der Waals surface area contributed by atoms with Gasteiger partial charge in [-0.25, -0.2) is 4.79 Å². The summed E-state index contributed by atoms with van der Waals surface area (Å²) in [5.41, 5.74) is 1.79. The lowest BCUT2D eigenvalue weighted by molar-refractivity contribution is -0.138. The maximum absolute atomic E-state index is 12.8. The fourth-order valence-corrected chi connectivity index (χ4v) is 2.81. The largest absolute Gasteiger partial charge is 0.497 e. The van der Waals surface area contributed by atoms with E-state index < -0.39 is 12.1 Å². The number of hydrogen-bond donors (Lipinski definition) is 0. The van der Waals surface area contributed by atoms with Crippen LogP contribution in [-0.2, 0) is 9.53 Å². The minimum absolute atomic E-state index is 0.0748. The molecule has 0 radical (unpaired) electrons. The van der Waals surface area contributed by atoms with Gasteiger partial charge in [0.1, 0.15) is 11.3 Å². The molecule has 0 fully saturated rings. The summed E-state index contributed by atoms with van der Waals surface area (Å²) in [6.45, 7) is 1.77. The second-order valence-corrected chi connectivity index (χ2v) is 6.35. The molecule has 0 spiro atoms. The normalized spacial score (nSPS) is 11.9. The van der Waals surface area contributed by atoms with E-state index in [2.05, 4.69) is 0 Å². The first-order valence-electron chi connectivity index (χ1n) is 8.46. The highest BCUT2D eigenvalue weighted by atomic mass is 16.6. The first-order valence-corrected chi connectivity index (χ1v) is 8.46. The van der Waals surface area contributed by atoms with Crippen LogP contribution in [0.25, 0.3) is 11.0 Å². The van der Waals surface area contributed by atoms with Gasteiger partial charge >= 0.3 is 5.97 Å². The molecule has 1 amide bonds. The molecule has 1 heterocycles. The second-order valence-electron chi connectivity index (χ2n) is 6.35. The Bertz CT molecular complexity index is 975. The Morgan fingerprint density at radius 1 is 1.07 bits per heavy atom. The molecule has 1 aromatic heterocycles. The molecular weight excluding hydrogens is 346 g/mol. The number of furan rings is 1. The molecule has 1 atom stereocenters. The summed E-state index contributed by atoms with van der Waals surface area (Å²) >= 11 is 0. The zero-order chi connectivity index (χ0) is 19.6. The first kappa shape index (κ1) is 18.5. The number of hydrogen-bond acceptors (Lipinski definition) is 5. The van der Waals surface area contributed by atoms with Crippen molar-refractivity contribution in [2.75, 3.05) is 21.2 Å². The van der Waals surface area contributed by atoms with Crippen LogP contribution in [-0.4, -0.2) is 38.0 Å². The molecule has 27 heavy (non-hydrogen) atoms. The molecule has 0 saturated carbocycles. The van der Waals surface area contributed by atoms with Crippen molar-refractivity contribution >= 4 is 22.8 Å². The maximum Gasteiger partial charge on any atom is 0.375 e. The van der Waals surface area contributed by atoms with Gasteiger partial charge in [-0.1, -0.05) is 30.3 Å². The number of benzene rings is 2. The third kappa shape index (κ3) is 3.65. The van der Waals surface area contributed by atoms with Gasteiger partial charge in [-0.3, -0.25) is 4.79 Å². The fraction of sp³-hybridized carbons (Fsp3) is 0.238. The van der Waals surface area contributed by atoms with Crippen LogP contribution in [0, 0.1) is 6.92 Å². The Balaban J connectivity index is 1.95. The summed E-state index contributed by atoms with van der Waals surface area (Å²) in [4.78, 5) is 26.7. The van der Waals surface area contributed by atoms with Crippen molar-refractivity contribution in [1.29, 1.82) is 0 Å². The molecule has 0 saturated heterocycles. The molecule has 6 heteroatoms. The predicted molar refractivity (Wildman–Crippen MR) is 101 cm³/mol. The van der Waals surface area contributed by atoms with Crippen LogP contribution in [0.15, 0.2) is 52.9 Å². The van der Waals surface area contributed by atoms with Gasteiger partial charge in [-0.15, -0.1) is 0 Å². The van der Waals surface area contributed by atoms with Crippen molar-refractivity contribution in [2.24, 2.45) is 0 Å². The van der Waals surface area contributed by atoms with E-state index in [0.717, 1.165) is 5.39 Å². The highest BCUT2D eigenvalue weighted by molar-refractivity contribution is 5.97. The lowest BCUT2D eigenvalue weighted by Crippen LogP contribution is -2.31. The number of aryl methyl sites for hydroxylation is 1. The molecule has 140 valence electrons. The Morgan fingerprint density at radius 2 is 1.78 bits per heavy atom. The molecule has 3 rings (SSSR count). The number of carbonyl (C=O) groups excluding carboxylic acids is 2. The highest BCUT2D eigenvalue weighted by Crippen LogP contribution is 2.30. The number of methoxy groups -OCH3 is 1. The number of carbonyl (C=O) groups is 2. The van der Waals surface area contributed by atoms with Gasteiger partial charge in [0.25, 0.3) is 5.91 Å². The number of fused-ring (bicyclic) bond motifs is 1. The Hall–Kier alpha value is -3.28. The summed E-state index contributed by atoms with van der Waals surface area (Å²) in [5.74, 6) is -0.279. The van der Waals surface area contributed by atoms with Crippen LogP contribution >= 0.6 is 0 Å². The summed E-state index contributed by atoms with van der Waals surface area (Å²) in [6, 6.07) is 14.2. The monoisotopic (exact) mass is 367 g/mol. The van der Waals surface area contributed by atoms with Gasteiger partial charge in [0, 0.05) is 30.6 Å². The van der Waals surface area contributed by atoms with E-state index in [0.29, 0.717) is 22.5 Å². The summed E-state index contributed by atoms with van der Waals surface area (Å²) in [7, 11) is 4.80. The third-order valence-corrected chi connectivity index (χ3v) is 4.32. The quantitative estimate of drug-likeness (QED) is 0.643. The average Bonchev–Trinajstić information content (AvgIpc) is 3.02. The Kier molecular flexibility index (Phi) is 5.16. The molecule has 2 aromatic carbocycles. The number of esters is 1. The van der Waals surface area contributed by atoms with Crippen molar-refractivity contribution in [3.63, 3.8) is 0 Å². The lowest BCUT2D eigenvalue weighted by atomic mass is 10.1. The molecule has 0 unspecified atom stereocenters. The van der Waals surface area contributed by atoms with E-state index in [9.17, 15) is 9.59 Å². The molecule has 0 aliphatic heterocycles. The van der Waals surface area contributed by atoms with Crippen LogP contribution in [0.3, 0.4) is 0 Å². The molecule has 3 aromatic rings. The van der Waals surface area contributed by atoms with Crippen LogP contribution in [0.1, 0.15) is 27.8 Å². The highest BCUT2D eigenvalue weighted by Gasteiger charge is 2.29. The van der Waals surface area contributed by atoms with Gasteiger partial charge in [-0.2, -0.15) is 0 Å². The van der Waals surface area contributed by atoms with Crippen LogP contribution in [0.5, 0.6) is 5.75 Å². The average molecular weight is 367 g/mol. The molecule has 0 aliphatic rings. The van der Waals surface area contributed by atoms with E-state index in [1.807, 2.05) is 6.07 Å². The van der Waals surface area contributed by atoms with E-state index in [1.165, 1.54) is 4.90 Å². The van der Waals surface area contributed by atoms with Crippen LogP contribution in [0.4, 0.5) is 0 Å². The van der Waals surface area contributed by atoms with Gasteiger partial charge in [0.05, 0.1) is 7.11 Å².